The molecule has 184 valence electrons. The normalized spacial score (nSPS) is 18.7. The number of hydrogen-bond donors (Lipinski definition) is 0. The fraction of sp³-hybridized carbons (Fsp3) is 0.379. The first-order valence-electron chi connectivity index (χ1n) is 12.7. The number of ether oxygens (including phenoxy) is 1. The van der Waals surface area contributed by atoms with E-state index in [0.29, 0.717) is 28.9 Å². The van der Waals surface area contributed by atoms with E-state index in [4.69, 9.17) is 26.3 Å². The number of aromatic nitrogens is 4. The van der Waals surface area contributed by atoms with Crippen LogP contribution in [0.2, 0.25) is 5.02 Å². The maximum Gasteiger partial charge on any atom is 0.143 e. The van der Waals surface area contributed by atoms with Crippen LogP contribution >= 0.6 is 11.6 Å². The largest absolute Gasteiger partial charge is 0.366 e. The Labute approximate surface area is 216 Å². The molecule has 0 aliphatic heterocycles. The number of rotatable bonds is 7. The van der Waals surface area contributed by atoms with Gasteiger partial charge in [0.1, 0.15) is 23.7 Å². The summed E-state index contributed by atoms with van der Waals surface area (Å²) < 4.78 is 8.60. The van der Waals surface area contributed by atoms with Crippen molar-refractivity contribution < 1.29 is 4.74 Å². The molecule has 7 heteroatoms. The van der Waals surface area contributed by atoms with E-state index >= 15 is 0 Å². The third kappa shape index (κ3) is 5.00. The molecule has 4 aromatic rings. The minimum atomic E-state index is -0.331. The molecule has 1 aromatic carbocycles. The molecule has 1 fully saturated rings. The molecule has 0 radical (unpaired) electrons. The van der Waals surface area contributed by atoms with Crippen LogP contribution in [0.3, 0.4) is 0 Å². The lowest BCUT2D eigenvalue weighted by molar-refractivity contribution is 0.0817. The molecule has 1 aliphatic carbocycles. The van der Waals surface area contributed by atoms with Gasteiger partial charge >= 0.3 is 0 Å². The van der Waals surface area contributed by atoms with Gasteiger partial charge in [-0.3, -0.25) is 4.98 Å². The van der Waals surface area contributed by atoms with Crippen LogP contribution in [0.15, 0.2) is 54.9 Å². The molecular weight excluding hydrogens is 470 g/mol. The standard InChI is InChI=1S/C29H30ClN5O/c1-3-36-28(21-7-5-4-6-8-21)29-34-25-14-24(15-31)33-26(22-13-23(30)17-32-16-22)27(25)35(29)18-20-11-9-19(2)10-12-20/h4-8,13-14,16-17,19-20,28H,3,9-12,18H2,1-2H3. The van der Waals surface area contributed by atoms with Crippen LogP contribution in [0, 0.1) is 23.2 Å². The Bertz CT molecular complexity index is 1390. The molecule has 0 amide bonds. The van der Waals surface area contributed by atoms with E-state index in [-0.39, 0.29) is 6.10 Å². The molecule has 3 aromatic heterocycles. The number of benzene rings is 1. The van der Waals surface area contributed by atoms with Crippen LogP contribution in [0.5, 0.6) is 0 Å². The number of hydrogen-bond acceptors (Lipinski definition) is 5. The van der Waals surface area contributed by atoms with E-state index in [1.807, 2.05) is 31.2 Å². The predicted octanol–water partition coefficient (Wildman–Crippen LogP) is 6.97. The van der Waals surface area contributed by atoms with E-state index in [0.717, 1.165) is 40.4 Å². The zero-order chi connectivity index (χ0) is 25.1. The summed E-state index contributed by atoms with van der Waals surface area (Å²) in [7, 11) is 0. The molecule has 1 saturated carbocycles. The van der Waals surface area contributed by atoms with Crippen molar-refractivity contribution in [3.63, 3.8) is 0 Å². The molecular formula is C29H30ClN5O. The van der Waals surface area contributed by atoms with E-state index in [1.54, 1.807) is 18.5 Å². The molecule has 1 atom stereocenters. The van der Waals surface area contributed by atoms with Crippen LogP contribution in [0.4, 0.5) is 0 Å². The van der Waals surface area contributed by atoms with Crippen LogP contribution < -0.4 is 0 Å². The maximum atomic E-state index is 9.74. The minimum Gasteiger partial charge on any atom is -0.366 e. The Hall–Kier alpha value is -3.27. The second-order valence-corrected chi connectivity index (χ2v) is 10.1. The number of halogens is 1. The molecule has 5 rings (SSSR count). The molecule has 6 nitrogen and oxygen atoms in total. The highest BCUT2D eigenvalue weighted by Crippen LogP contribution is 2.37. The van der Waals surface area contributed by atoms with E-state index < -0.39 is 0 Å². The van der Waals surface area contributed by atoms with E-state index in [2.05, 4.69) is 34.7 Å². The predicted molar refractivity (Wildman–Crippen MR) is 142 cm³/mol. The van der Waals surface area contributed by atoms with Gasteiger partial charge < -0.3 is 9.30 Å². The van der Waals surface area contributed by atoms with Crippen molar-refractivity contribution in [1.82, 2.24) is 19.5 Å². The lowest BCUT2D eigenvalue weighted by Gasteiger charge is -2.28. The average molecular weight is 500 g/mol. The van der Waals surface area contributed by atoms with Crippen molar-refractivity contribution >= 4 is 22.6 Å². The Balaban J connectivity index is 1.75. The summed E-state index contributed by atoms with van der Waals surface area (Å²) in [6.45, 7) is 5.72. The van der Waals surface area contributed by atoms with Crippen molar-refractivity contribution in [2.75, 3.05) is 6.61 Å². The summed E-state index contributed by atoms with van der Waals surface area (Å²) in [6, 6.07) is 16.0. The second kappa shape index (κ2) is 10.8. The fourth-order valence-electron chi connectivity index (χ4n) is 5.24. The zero-order valence-corrected chi connectivity index (χ0v) is 21.4. The van der Waals surface area contributed by atoms with Crippen LogP contribution in [0.1, 0.15) is 62.7 Å². The molecule has 0 bridgehead atoms. The third-order valence-corrected chi connectivity index (χ3v) is 7.30. The van der Waals surface area contributed by atoms with E-state index in [1.165, 1.54) is 25.7 Å². The van der Waals surface area contributed by atoms with Crippen molar-refractivity contribution in [1.29, 1.82) is 5.26 Å². The molecule has 0 N–H and O–H groups in total. The lowest BCUT2D eigenvalue weighted by Crippen LogP contribution is -2.21. The van der Waals surface area contributed by atoms with Crippen molar-refractivity contribution in [3.8, 4) is 17.3 Å². The quantitative estimate of drug-likeness (QED) is 0.274. The minimum absolute atomic E-state index is 0.313. The lowest BCUT2D eigenvalue weighted by atomic mass is 9.83. The Morgan fingerprint density at radius 1 is 1.11 bits per heavy atom. The zero-order valence-electron chi connectivity index (χ0n) is 20.7. The Kier molecular flexibility index (Phi) is 7.31. The molecule has 0 saturated heterocycles. The molecule has 36 heavy (non-hydrogen) atoms. The highest BCUT2D eigenvalue weighted by molar-refractivity contribution is 6.30. The Morgan fingerprint density at radius 3 is 2.58 bits per heavy atom. The average Bonchev–Trinajstić information content (AvgIpc) is 3.26. The summed E-state index contributed by atoms with van der Waals surface area (Å²) in [4.78, 5) is 14.1. The molecule has 1 unspecified atom stereocenters. The summed E-state index contributed by atoms with van der Waals surface area (Å²) >= 11 is 6.31. The summed E-state index contributed by atoms with van der Waals surface area (Å²) in [5.74, 6) is 2.15. The summed E-state index contributed by atoms with van der Waals surface area (Å²) in [5, 5.41) is 10.3. The number of fused-ring (bicyclic) bond motifs is 1. The highest BCUT2D eigenvalue weighted by Gasteiger charge is 2.28. The van der Waals surface area contributed by atoms with Gasteiger partial charge in [-0.05, 0) is 43.2 Å². The van der Waals surface area contributed by atoms with Gasteiger partial charge in [0.2, 0.25) is 0 Å². The van der Waals surface area contributed by atoms with Gasteiger partial charge in [0.25, 0.3) is 0 Å². The second-order valence-electron chi connectivity index (χ2n) is 9.68. The van der Waals surface area contributed by atoms with Crippen LogP contribution in [-0.2, 0) is 11.3 Å². The summed E-state index contributed by atoms with van der Waals surface area (Å²) in [6.07, 6.45) is 7.85. The first-order chi connectivity index (χ1) is 17.6. The number of imidazole rings is 1. The Morgan fingerprint density at radius 2 is 1.89 bits per heavy atom. The van der Waals surface area contributed by atoms with Crippen LogP contribution in [0.25, 0.3) is 22.3 Å². The summed E-state index contributed by atoms with van der Waals surface area (Å²) in [5.41, 5.74) is 4.43. The first-order valence-corrected chi connectivity index (χ1v) is 13.0. The first kappa shape index (κ1) is 24.4. The van der Waals surface area contributed by atoms with Gasteiger partial charge in [-0.25, -0.2) is 9.97 Å². The van der Waals surface area contributed by atoms with Crippen molar-refractivity contribution in [3.05, 3.63) is 77.0 Å². The molecule has 1 aliphatic rings. The number of pyridine rings is 2. The highest BCUT2D eigenvalue weighted by atomic mass is 35.5. The number of nitrogens with zero attached hydrogens (tertiary/aromatic N) is 5. The third-order valence-electron chi connectivity index (χ3n) is 7.09. The van der Waals surface area contributed by atoms with Crippen LogP contribution in [-0.4, -0.2) is 26.1 Å². The van der Waals surface area contributed by atoms with Crippen molar-refractivity contribution in [2.24, 2.45) is 11.8 Å². The van der Waals surface area contributed by atoms with Gasteiger partial charge in [0.05, 0.1) is 21.7 Å². The van der Waals surface area contributed by atoms with Gasteiger partial charge in [0, 0.05) is 37.2 Å². The van der Waals surface area contributed by atoms with Gasteiger partial charge in [-0.2, -0.15) is 5.26 Å². The monoisotopic (exact) mass is 499 g/mol. The topological polar surface area (TPSA) is 76.6 Å². The number of nitriles is 1. The van der Waals surface area contributed by atoms with Gasteiger partial charge in [-0.1, -0.05) is 61.7 Å². The van der Waals surface area contributed by atoms with Gasteiger partial charge in [-0.15, -0.1) is 0 Å². The smallest absolute Gasteiger partial charge is 0.143 e. The molecule has 0 spiro atoms. The molecule has 3 heterocycles. The maximum absolute atomic E-state index is 9.74. The SMILES string of the molecule is CCOC(c1ccccc1)c1nc2cc(C#N)nc(-c3cncc(Cl)c3)c2n1CC1CCC(C)CC1. The van der Waals surface area contributed by atoms with Gasteiger partial charge in [0.15, 0.2) is 0 Å². The van der Waals surface area contributed by atoms with E-state index in [9.17, 15) is 5.26 Å². The van der Waals surface area contributed by atoms with Crippen molar-refractivity contribution in [2.45, 2.75) is 52.2 Å². The fourth-order valence-corrected chi connectivity index (χ4v) is 5.42.